The van der Waals surface area contributed by atoms with Crippen LogP contribution in [-0.2, 0) is 71.2 Å². The van der Waals surface area contributed by atoms with Crippen molar-refractivity contribution in [1.29, 1.82) is 0 Å². The van der Waals surface area contributed by atoms with E-state index in [1.807, 2.05) is 66.7 Å². The van der Waals surface area contributed by atoms with Crippen LogP contribution in [0.25, 0.3) is 6.08 Å². The van der Waals surface area contributed by atoms with Crippen molar-refractivity contribution in [3.63, 3.8) is 0 Å². The first-order chi connectivity index (χ1) is 33.8. The number of ether oxygens (including phenoxy) is 5. The van der Waals surface area contributed by atoms with E-state index in [2.05, 4.69) is 10.1 Å². The molecule has 15 nitrogen and oxygen atoms in total. The molecule has 2 bridgehead atoms. The Morgan fingerprint density at radius 1 is 0.887 bits per heavy atom. The van der Waals surface area contributed by atoms with Gasteiger partial charge in [0.1, 0.15) is 41.5 Å². The van der Waals surface area contributed by atoms with Gasteiger partial charge in [-0.05, 0) is 50.0 Å². The molecule has 4 aromatic carbocycles. The lowest BCUT2D eigenvalue weighted by atomic mass is 9.62. The Bertz CT molecular complexity index is 2560. The van der Waals surface area contributed by atoms with Crippen LogP contribution in [0.1, 0.15) is 67.9 Å². The van der Waals surface area contributed by atoms with Crippen LogP contribution < -0.4 is 5.32 Å². The van der Waals surface area contributed by atoms with Crippen molar-refractivity contribution >= 4 is 35.8 Å². The van der Waals surface area contributed by atoms with Crippen LogP contribution >= 0.6 is 0 Å². The van der Waals surface area contributed by atoms with Gasteiger partial charge in [-0.25, -0.2) is 4.79 Å². The number of hydrogen-bond acceptors (Lipinski definition) is 13. The molecule has 0 radical (unpaired) electrons. The lowest BCUT2D eigenvalue weighted by molar-refractivity contribution is -0.214. The molecule has 3 heterocycles. The number of esters is 3. The molecule has 0 spiro atoms. The zero-order chi connectivity index (χ0) is 50.7. The second-order valence-corrected chi connectivity index (χ2v) is 19.1. The molecule has 1 aliphatic carbocycles. The summed E-state index contributed by atoms with van der Waals surface area (Å²) < 4.78 is 68.7. The Labute approximate surface area is 408 Å². The summed E-state index contributed by atoms with van der Waals surface area (Å²) in [6.45, 7) is 2.69. The van der Waals surface area contributed by atoms with E-state index < -0.39 is 108 Å². The summed E-state index contributed by atoms with van der Waals surface area (Å²) in [7, 11) is 1.46. The molecular weight excluding hydrogens is 928 g/mol. The first-order valence-electron chi connectivity index (χ1n) is 23.4. The standard InChI is InChI=1S/C53H56F3N3O12/c1-50(2,3)68-42(62)27-25-38(31-60)57-47(63)39(28-33-16-8-5-9-17-33)58(4)49(65)51-29-40-43-44(70-53(69-43,36-20-10-6-11-21-36)37-22-12-7-13-23-37)46(51)71-59(45(51)48(64)67-40)30-35-19-15-14-18-34(35)24-26-41(61)66-32-52(54,55)56/h5-24,26,38-40,43-46,60H,25,27-32H2,1-4H3,(H,57,63)/t38-,39+,40+,43-,44-,45-,46+,51-/m0/s1. The van der Waals surface area contributed by atoms with E-state index in [9.17, 15) is 37.5 Å². The molecule has 0 aromatic heterocycles. The van der Waals surface area contributed by atoms with Gasteiger partial charge in [0, 0.05) is 43.5 Å². The number of aliphatic hydroxyl groups is 1. The molecule has 1 saturated carbocycles. The molecule has 3 aliphatic heterocycles. The van der Waals surface area contributed by atoms with E-state index in [-0.39, 0.29) is 32.2 Å². The number of nitrogens with zero attached hydrogens (tertiary/aromatic N) is 2. The highest BCUT2D eigenvalue weighted by atomic mass is 19.4. The van der Waals surface area contributed by atoms with Gasteiger partial charge in [0.15, 0.2) is 12.6 Å². The van der Waals surface area contributed by atoms with Crippen molar-refractivity contribution in [2.45, 2.75) is 113 Å². The minimum absolute atomic E-state index is 0.00485. The number of rotatable bonds is 17. The number of hydroxylamine groups is 2. The molecule has 2 N–H and O–H groups in total. The number of likely N-dealkylation sites (N-methyl/N-ethyl adjacent to an activating group) is 1. The van der Waals surface area contributed by atoms with E-state index in [1.165, 1.54) is 23.1 Å². The van der Waals surface area contributed by atoms with E-state index in [0.717, 1.165) is 6.08 Å². The molecule has 18 heteroatoms. The molecule has 4 aliphatic rings. The number of benzene rings is 4. The molecular formula is C53H56F3N3O12. The fraction of sp³-hybridized carbons (Fsp3) is 0.415. The normalized spacial score (nSPS) is 24.3. The number of nitrogens with one attached hydrogen (secondary N) is 1. The molecule has 8 rings (SSSR count). The summed E-state index contributed by atoms with van der Waals surface area (Å²) >= 11 is 0. The van der Waals surface area contributed by atoms with E-state index in [1.54, 1.807) is 69.3 Å². The maximum atomic E-state index is 16.0. The minimum Gasteiger partial charge on any atom is -0.460 e. The van der Waals surface area contributed by atoms with E-state index in [0.29, 0.717) is 27.8 Å². The maximum Gasteiger partial charge on any atom is 0.422 e. The Balaban J connectivity index is 1.18. The van der Waals surface area contributed by atoms with Gasteiger partial charge in [-0.1, -0.05) is 115 Å². The predicted octanol–water partition coefficient (Wildman–Crippen LogP) is 5.96. The van der Waals surface area contributed by atoms with Gasteiger partial charge in [-0.3, -0.25) is 24.0 Å². The molecule has 71 heavy (non-hydrogen) atoms. The highest BCUT2D eigenvalue weighted by Gasteiger charge is 2.77. The number of amides is 2. The first-order valence-corrected chi connectivity index (χ1v) is 23.4. The van der Waals surface area contributed by atoms with Crippen molar-refractivity contribution in [2.75, 3.05) is 20.3 Å². The Morgan fingerprint density at radius 2 is 1.49 bits per heavy atom. The van der Waals surface area contributed by atoms with Gasteiger partial charge >= 0.3 is 24.1 Å². The van der Waals surface area contributed by atoms with E-state index in [4.69, 9.17) is 23.8 Å². The molecule has 0 unspecified atom stereocenters. The SMILES string of the molecule is CN(C(=O)[C@@]12C[C@H]3OC(=O)[C@@H]1N(Cc1ccccc1C=CC(=O)OCC(F)(F)F)O[C@@H]2[C@H]1OC(c2ccccc2)(c2ccccc2)O[C@H]13)[C@H](Cc1ccccc1)C(=O)N[C@H](CO)CCC(=O)OC(C)(C)C. The lowest BCUT2D eigenvalue weighted by Crippen LogP contribution is -2.70. The number of alkyl halides is 3. The van der Waals surface area contributed by atoms with Crippen LogP contribution in [0.3, 0.4) is 0 Å². The van der Waals surface area contributed by atoms with Crippen LogP contribution in [0.2, 0.25) is 0 Å². The number of hydrogen-bond donors (Lipinski definition) is 2. The third-order valence-electron chi connectivity index (χ3n) is 13.1. The van der Waals surface area contributed by atoms with Gasteiger partial charge in [0.2, 0.25) is 17.6 Å². The van der Waals surface area contributed by atoms with Crippen LogP contribution in [0, 0.1) is 5.41 Å². The fourth-order valence-electron chi connectivity index (χ4n) is 9.94. The smallest absolute Gasteiger partial charge is 0.422 e. The number of aliphatic hydroxyl groups excluding tert-OH is 1. The van der Waals surface area contributed by atoms with Crippen LogP contribution in [-0.4, -0.2) is 119 Å². The highest BCUT2D eigenvalue weighted by molar-refractivity contribution is 5.96. The second-order valence-electron chi connectivity index (χ2n) is 19.1. The topological polar surface area (TPSA) is 179 Å². The third kappa shape index (κ3) is 10.9. The summed E-state index contributed by atoms with van der Waals surface area (Å²) in [6.07, 6.45) is -7.17. The Morgan fingerprint density at radius 3 is 2.11 bits per heavy atom. The monoisotopic (exact) mass is 983 g/mol. The fourth-order valence-corrected chi connectivity index (χ4v) is 9.94. The number of halogens is 3. The van der Waals surface area contributed by atoms with Crippen molar-refractivity contribution in [1.82, 2.24) is 15.3 Å². The summed E-state index contributed by atoms with van der Waals surface area (Å²) in [5, 5.41) is 14.6. The van der Waals surface area contributed by atoms with Gasteiger partial charge in [0.25, 0.3) is 0 Å². The zero-order valence-corrected chi connectivity index (χ0v) is 39.6. The molecule has 3 saturated heterocycles. The number of carbonyl (C=O) groups excluding carboxylic acids is 5. The van der Waals surface area contributed by atoms with E-state index >= 15 is 4.79 Å². The second kappa shape index (κ2) is 20.7. The summed E-state index contributed by atoms with van der Waals surface area (Å²) in [5.74, 6) is -5.43. The van der Waals surface area contributed by atoms with Crippen molar-refractivity contribution in [2.24, 2.45) is 5.41 Å². The number of carbonyl (C=O) groups is 5. The average molecular weight is 984 g/mol. The highest BCUT2D eigenvalue weighted by Crippen LogP contribution is 2.60. The third-order valence-corrected chi connectivity index (χ3v) is 13.1. The molecule has 4 fully saturated rings. The van der Waals surface area contributed by atoms with Crippen LogP contribution in [0.5, 0.6) is 0 Å². The van der Waals surface area contributed by atoms with Crippen molar-refractivity contribution in [3.05, 3.63) is 149 Å². The van der Waals surface area contributed by atoms with Crippen molar-refractivity contribution in [3.8, 4) is 0 Å². The Kier molecular flexibility index (Phi) is 14.9. The van der Waals surface area contributed by atoms with Crippen molar-refractivity contribution < 1.29 is 70.8 Å². The summed E-state index contributed by atoms with van der Waals surface area (Å²) in [4.78, 5) is 78.7. The molecule has 2 amide bonds. The van der Waals surface area contributed by atoms with Crippen LogP contribution in [0.4, 0.5) is 13.2 Å². The van der Waals surface area contributed by atoms with Gasteiger partial charge in [-0.2, -0.15) is 18.2 Å². The van der Waals surface area contributed by atoms with Gasteiger partial charge in [0.05, 0.1) is 19.2 Å². The van der Waals surface area contributed by atoms with Gasteiger partial charge < -0.3 is 39.0 Å². The Hall–Kier alpha value is -6.44. The maximum absolute atomic E-state index is 16.0. The largest absolute Gasteiger partial charge is 0.460 e. The average Bonchev–Trinajstić information content (AvgIpc) is 3.93. The molecule has 8 atom stereocenters. The molecule has 376 valence electrons. The zero-order valence-electron chi connectivity index (χ0n) is 39.6. The minimum atomic E-state index is -4.73. The quantitative estimate of drug-likeness (QED) is 0.0720. The predicted molar refractivity (Wildman–Crippen MR) is 248 cm³/mol. The van der Waals surface area contributed by atoms with Crippen LogP contribution in [0.15, 0.2) is 121 Å². The molecule has 4 aromatic rings. The van der Waals surface area contributed by atoms with Gasteiger partial charge in [-0.15, -0.1) is 0 Å². The summed E-state index contributed by atoms with van der Waals surface area (Å²) in [6, 6.07) is 30.3. The first kappa shape index (κ1) is 50.9. The lowest BCUT2D eigenvalue weighted by Gasteiger charge is -2.50. The number of fused-ring (bicyclic) bond motifs is 4. The summed E-state index contributed by atoms with van der Waals surface area (Å²) in [5.41, 5.74) is 0.178.